The second-order valence-electron chi connectivity index (χ2n) is 3.71. The molecule has 0 saturated heterocycles. The summed E-state index contributed by atoms with van der Waals surface area (Å²) >= 11 is 10.7. The summed E-state index contributed by atoms with van der Waals surface area (Å²) in [6.07, 6.45) is 0.620. The molecule has 1 heterocycles. The van der Waals surface area contributed by atoms with E-state index in [9.17, 15) is 4.39 Å². The highest BCUT2D eigenvalue weighted by molar-refractivity contribution is 9.10. The fourth-order valence-electron chi connectivity index (χ4n) is 1.59. The molecule has 0 aliphatic carbocycles. The number of rotatable bonds is 3. The number of thiophene rings is 1. The van der Waals surface area contributed by atoms with Crippen LogP contribution in [0.5, 0.6) is 0 Å². The van der Waals surface area contributed by atoms with Crippen molar-refractivity contribution in [3.8, 4) is 0 Å². The molecule has 90 valence electrons. The van der Waals surface area contributed by atoms with E-state index in [1.54, 1.807) is 23.5 Å². The van der Waals surface area contributed by atoms with Gasteiger partial charge < -0.3 is 5.73 Å². The zero-order chi connectivity index (χ0) is 12.4. The molecular formula is C12H10BrClFNS. The van der Waals surface area contributed by atoms with E-state index in [0.717, 1.165) is 9.35 Å². The van der Waals surface area contributed by atoms with Crippen LogP contribution in [0.4, 0.5) is 4.39 Å². The maximum atomic E-state index is 13.6. The minimum Gasteiger partial charge on any atom is -0.324 e. The van der Waals surface area contributed by atoms with Gasteiger partial charge in [-0.2, -0.15) is 0 Å². The predicted molar refractivity (Wildman–Crippen MR) is 74.1 cm³/mol. The van der Waals surface area contributed by atoms with Crippen LogP contribution < -0.4 is 5.73 Å². The number of nitrogens with two attached hydrogens (primary N) is 1. The lowest BCUT2D eigenvalue weighted by atomic mass is 10.0. The van der Waals surface area contributed by atoms with Crippen LogP contribution in [-0.4, -0.2) is 0 Å². The number of hydrogen-bond donors (Lipinski definition) is 1. The molecular weight excluding hydrogens is 325 g/mol. The van der Waals surface area contributed by atoms with Crippen LogP contribution in [-0.2, 0) is 6.42 Å². The average Bonchev–Trinajstić information content (AvgIpc) is 2.63. The van der Waals surface area contributed by atoms with Crippen molar-refractivity contribution in [1.82, 2.24) is 0 Å². The Kier molecular flexibility index (Phi) is 4.20. The van der Waals surface area contributed by atoms with Crippen LogP contribution in [0.15, 0.2) is 34.1 Å². The van der Waals surface area contributed by atoms with Gasteiger partial charge in [0.15, 0.2) is 0 Å². The van der Waals surface area contributed by atoms with E-state index < -0.39 is 0 Å². The monoisotopic (exact) mass is 333 g/mol. The van der Waals surface area contributed by atoms with E-state index in [2.05, 4.69) is 15.9 Å². The van der Waals surface area contributed by atoms with Crippen molar-refractivity contribution in [3.63, 3.8) is 0 Å². The van der Waals surface area contributed by atoms with Gasteiger partial charge in [-0.1, -0.05) is 17.7 Å². The Labute approximate surface area is 117 Å². The van der Waals surface area contributed by atoms with Gasteiger partial charge in [0.1, 0.15) is 5.82 Å². The Morgan fingerprint density at radius 1 is 1.41 bits per heavy atom. The molecule has 1 aromatic heterocycles. The Morgan fingerprint density at radius 3 is 2.76 bits per heavy atom. The van der Waals surface area contributed by atoms with Crippen molar-refractivity contribution in [3.05, 3.63) is 55.4 Å². The van der Waals surface area contributed by atoms with Crippen molar-refractivity contribution < 1.29 is 4.39 Å². The Bertz CT molecular complexity index is 529. The topological polar surface area (TPSA) is 26.0 Å². The molecule has 5 heteroatoms. The van der Waals surface area contributed by atoms with E-state index >= 15 is 0 Å². The van der Waals surface area contributed by atoms with E-state index in [1.165, 1.54) is 6.07 Å². The second kappa shape index (κ2) is 5.48. The molecule has 0 amide bonds. The second-order valence-corrected chi connectivity index (χ2v) is 6.06. The third-order valence-electron chi connectivity index (χ3n) is 2.40. The summed E-state index contributed by atoms with van der Waals surface area (Å²) < 4.78 is 14.7. The summed E-state index contributed by atoms with van der Waals surface area (Å²) in [7, 11) is 0. The van der Waals surface area contributed by atoms with Crippen LogP contribution in [0.1, 0.15) is 16.5 Å². The van der Waals surface area contributed by atoms with Gasteiger partial charge in [0, 0.05) is 37.8 Å². The summed E-state index contributed by atoms with van der Waals surface area (Å²) in [5, 5.41) is 2.37. The normalized spacial score (nSPS) is 12.7. The highest BCUT2D eigenvalue weighted by Gasteiger charge is 2.13. The van der Waals surface area contributed by atoms with Crippen molar-refractivity contribution >= 4 is 38.9 Å². The van der Waals surface area contributed by atoms with Crippen molar-refractivity contribution in [2.24, 2.45) is 5.73 Å². The van der Waals surface area contributed by atoms with E-state index in [4.69, 9.17) is 17.3 Å². The van der Waals surface area contributed by atoms with Gasteiger partial charge in [-0.25, -0.2) is 4.39 Å². The smallest absolute Gasteiger partial charge is 0.129 e. The van der Waals surface area contributed by atoms with Crippen molar-refractivity contribution in [1.29, 1.82) is 0 Å². The molecule has 1 nitrogen and oxygen atoms in total. The lowest BCUT2D eigenvalue weighted by Crippen LogP contribution is -2.14. The summed E-state index contributed by atoms with van der Waals surface area (Å²) in [4.78, 5) is 1.12. The van der Waals surface area contributed by atoms with Gasteiger partial charge in [0.05, 0.1) is 0 Å². The highest BCUT2D eigenvalue weighted by atomic mass is 79.9. The SMILES string of the molecule is NC(Cc1cc(Br)cs1)c1ccc(Cl)cc1F. The molecule has 2 rings (SSSR count). The van der Waals surface area contributed by atoms with Gasteiger partial charge in [0.2, 0.25) is 0 Å². The Balaban J connectivity index is 2.17. The number of hydrogen-bond acceptors (Lipinski definition) is 2. The molecule has 1 aromatic carbocycles. The highest BCUT2D eigenvalue weighted by Crippen LogP contribution is 2.26. The first kappa shape index (κ1) is 13.0. The maximum absolute atomic E-state index is 13.6. The van der Waals surface area contributed by atoms with Crippen LogP contribution in [0.3, 0.4) is 0 Å². The van der Waals surface area contributed by atoms with Gasteiger partial charge in [-0.3, -0.25) is 0 Å². The molecule has 1 atom stereocenters. The minimum absolute atomic E-state index is 0.347. The number of benzene rings is 1. The van der Waals surface area contributed by atoms with Crippen molar-refractivity contribution in [2.45, 2.75) is 12.5 Å². The summed E-state index contributed by atoms with van der Waals surface area (Å²) in [5.74, 6) is -0.347. The molecule has 0 fully saturated rings. The van der Waals surface area contributed by atoms with Crippen molar-refractivity contribution in [2.75, 3.05) is 0 Å². The van der Waals surface area contributed by atoms with Gasteiger partial charge in [-0.05, 0) is 34.1 Å². The average molecular weight is 335 g/mol. The quantitative estimate of drug-likeness (QED) is 0.876. The van der Waals surface area contributed by atoms with E-state index in [-0.39, 0.29) is 11.9 Å². The molecule has 0 aliphatic rings. The largest absolute Gasteiger partial charge is 0.324 e. The fraction of sp³-hybridized carbons (Fsp3) is 0.167. The molecule has 0 radical (unpaired) electrons. The number of halogens is 3. The summed E-state index contributed by atoms with van der Waals surface area (Å²) in [6.45, 7) is 0. The minimum atomic E-state index is -0.349. The van der Waals surface area contributed by atoms with Crippen LogP contribution >= 0.6 is 38.9 Å². The van der Waals surface area contributed by atoms with Gasteiger partial charge in [-0.15, -0.1) is 11.3 Å². The first-order valence-electron chi connectivity index (χ1n) is 4.99. The zero-order valence-electron chi connectivity index (χ0n) is 8.79. The standard InChI is InChI=1S/C12H10BrClFNS/c13-7-3-9(17-6-7)5-12(16)10-2-1-8(14)4-11(10)15/h1-4,6,12H,5,16H2. The fourth-order valence-corrected chi connectivity index (χ4v) is 3.26. The lowest BCUT2D eigenvalue weighted by molar-refractivity contribution is 0.582. The molecule has 0 aliphatic heterocycles. The molecule has 0 spiro atoms. The zero-order valence-corrected chi connectivity index (χ0v) is 11.9. The maximum Gasteiger partial charge on any atom is 0.129 e. The molecule has 17 heavy (non-hydrogen) atoms. The first-order chi connectivity index (χ1) is 8.06. The summed E-state index contributed by atoms with van der Waals surface area (Å²) in [6, 6.07) is 6.24. The van der Waals surface area contributed by atoms with Gasteiger partial charge in [0.25, 0.3) is 0 Å². The third kappa shape index (κ3) is 3.28. The molecule has 0 saturated carbocycles. The molecule has 2 aromatic rings. The summed E-state index contributed by atoms with van der Waals surface area (Å²) in [5.41, 5.74) is 6.49. The Hall–Kier alpha value is -0.420. The molecule has 0 bridgehead atoms. The van der Waals surface area contributed by atoms with Gasteiger partial charge >= 0.3 is 0 Å². The lowest BCUT2D eigenvalue weighted by Gasteiger charge is -2.12. The molecule has 1 unspecified atom stereocenters. The van der Waals surface area contributed by atoms with E-state index in [1.807, 2.05) is 11.4 Å². The van der Waals surface area contributed by atoms with Crippen LogP contribution in [0, 0.1) is 5.82 Å². The first-order valence-corrected chi connectivity index (χ1v) is 7.05. The third-order valence-corrected chi connectivity index (χ3v) is 4.36. The van der Waals surface area contributed by atoms with E-state index in [0.29, 0.717) is 17.0 Å². The van der Waals surface area contributed by atoms with Crippen LogP contribution in [0.25, 0.3) is 0 Å². The predicted octanol–water partition coefficient (Wildman–Crippen LogP) is 4.55. The molecule has 2 N–H and O–H groups in total. The van der Waals surface area contributed by atoms with Crippen LogP contribution in [0.2, 0.25) is 5.02 Å². The Morgan fingerprint density at radius 2 is 2.18 bits per heavy atom.